The number of rotatable bonds is 5. The normalized spacial score (nSPS) is 27.6. The molecule has 1 N–H and O–H groups in total. The third-order valence-corrected chi connectivity index (χ3v) is 9.28. The first kappa shape index (κ1) is 17.7. The second-order valence-corrected chi connectivity index (χ2v) is 12.3. The van der Waals surface area contributed by atoms with Gasteiger partial charge in [0.2, 0.25) is 0 Å². The van der Waals surface area contributed by atoms with E-state index in [1.165, 1.54) is 6.92 Å². The van der Waals surface area contributed by atoms with Gasteiger partial charge in [-0.1, -0.05) is 20.8 Å². The van der Waals surface area contributed by atoms with E-state index in [0.717, 1.165) is 6.42 Å². The molecule has 20 heavy (non-hydrogen) atoms. The fraction of sp³-hybridized carbons (Fsp3) is 0.933. The van der Waals surface area contributed by atoms with Crippen LogP contribution in [0, 0.1) is 11.8 Å². The van der Waals surface area contributed by atoms with Crippen molar-refractivity contribution in [3.63, 3.8) is 0 Å². The van der Waals surface area contributed by atoms with E-state index in [-0.39, 0.29) is 23.0 Å². The molecular weight excluding hydrogens is 272 g/mol. The molecule has 0 radical (unpaired) electrons. The maximum atomic E-state index is 10.9. The van der Waals surface area contributed by atoms with Crippen LogP contribution in [0.2, 0.25) is 18.1 Å². The van der Waals surface area contributed by atoms with Crippen molar-refractivity contribution in [2.24, 2.45) is 11.8 Å². The lowest BCUT2D eigenvalue weighted by Crippen LogP contribution is -2.42. The molecule has 0 unspecified atom stereocenters. The zero-order chi connectivity index (χ0) is 15.6. The average molecular weight is 302 g/mol. The number of aliphatic hydroxyl groups excluding tert-OH is 1. The van der Waals surface area contributed by atoms with Gasteiger partial charge in [0.1, 0.15) is 0 Å². The van der Waals surface area contributed by atoms with Crippen molar-refractivity contribution in [1.29, 1.82) is 0 Å². The second kappa shape index (κ2) is 6.58. The zero-order valence-corrected chi connectivity index (χ0v) is 14.7. The highest BCUT2D eigenvalue weighted by molar-refractivity contribution is 6.74. The minimum absolute atomic E-state index is 0.190. The maximum absolute atomic E-state index is 10.9. The molecule has 1 fully saturated rings. The van der Waals surface area contributed by atoms with Crippen molar-refractivity contribution in [1.82, 2.24) is 0 Å². The molecule has 1 aliphatic rings. The fourth-order valence-corrected chi connectivity index (χ4v) is 3.41. The lowest BCUT2D eigenvalue weighted by Gasteiger charge is -2.37. The summed E-state index contributed by atoms with van der Waals surface area (Å²) < 4.78 is 11.4. The van der Waals surface area contributed by atoms with Gasteiger partial charge in [-0.15, -0.1) is 0 Å². The SMILES string of the molecule is CC(=O)OC[C@@H]1C[C@@H](O)C[C@H]1CO[Si](C)(C)C(C)(C)C. The number of hydrogen-bond acceptors (Lipinski definition) is 4. The van der Waals surface area contributed by atoms with E-state index in [9.17, 15) is 9.90 Å². The summed E-state index contributed by atoms with van der Waals surface area (Å²) in [5, 5.41) is 10.0. The van der Waals surface area contributed by atoms with Crippen molar-refractivity contribution >= 4 is 14.3 Å². The first-order valence-corrected chi connectivity index (χ1v) is 10.4. The van der Waals surface area contributed by atoms with E-state index < -0.39 is 8.32 Å². The quantitative estimate of drug-likeness (QED) is 0.626. The molecule has 0 aromatic heterocycles. The van der Waals surface area contributed by atoms with Crippen LogP contribution in [0.5, 0.6) is 0 Å². The molecule has 1 rings (SSSR count). The predicted octanol–water partition coefficient (Wildman–Crippen LogP) is 2.96. The summed E-state index contributed by atoms with van der Waals surface area (Å²) in [6, 6.07) is 0. The molecule has 0 spiro atoms. The Bertz CT molecular complexity index is 335. The number of esters is 1. The molecule has 0 aromatic carbocycles. The fourth-order valence-electron chi connectivity index (χ4n) is 2.34. The number of carbonyl (C=O) groups is 1. The lowest BCUT2D eigenvalue weighted by molar-refractivity contribution is -0.142. The van der Waals surface area contributed by atoms with E-state index in [1.807, 2.05) is 0 Å². The molecule has 0 saturated heterocycles. The van der Waals surface area contributed by atoms with Crippen molar-refractivity contribution in [2.75, 3.05) is 13.2 Å². The lowest BCUT2D eigenvalue weighted by atomic mass is 9.98. The Morgan fingerprint density at radius 3 is 2.15 bits per heavy atom. The molecule has 0 aromatic rings. The highest BCUT2D eigenvalue weighted by Gasteiger charge is 2.40. The number of hydrogen-bond donors (Lipinski definition) is 1. The maximum Gasteiger partial charge on any atom is 0.302 e. The van der Waals surface area contributed by atoms with E-state index in [0.29, 0.717) is 25.6 Å². The van der Waals surface area contributed by atoms with Crippen LogP contribution in [0.25, 0.3) is 0 Å². The Hall–Kier alpha value is -0.393. The van der Waals surface area contributed by atoms with E-state index >= 15 is 0 Å². The minimum atomic E-state index is -1.76. The Kier molecular flexibility index (Phi) is 5.81. The molecule has 0 heterocycles. The Morgan fingerprint density at radius 2 is 1.70 bits per heavy atom. The van der Waals surface area contributed by atoms with Gasteiger partial charge in [0, 0.05) is 19.4 Å². The van der Waals surface area contributed by atoms with Crippen LogP contribution < -0.4 is 0 Å². The van der Waals surface area contributed by atoms with Gasteiger partial charge < -0.3 is 14.3 Å². The van der Waals surface area contributed by atoms with Crippen LogP contribution in [0.1, 0.15) is 40.5 Å². The van der Waals surface area contributed by atoms with Crippen LogP contribution in [0.4, 0.5) is 0 Å². The summed E-state index contributed by atoms with van der Waals surface area (Å²) in [5.41, 5.74) is 0. The molecule has 118 valence electrons. The molecule has 3 atom stereocenters. The van der Waals surface area contributed by atoms with Crippen LogP contribution in [0.15, 0.2) is 0 Å². The van der Waals surface area contributed by atoms with Gasteiger partial charge >= 0.3 is 5.97 Å². The predicted molar refractivity (Wildman–Crippen MR) is 82.0 cm³/mol. The summed E-state index contributed by atoms with van der Waals surface area (Å²) in [4.78, 5) is 10.9. The van der Waals surface area contributed by atoms with Crippen molar-refractivity contribution in [2.45, 2.75) is 64.8 Å². The van der Waals surface area contributed by atoms with Crippen molar-refractivity contribution in [3.8, 4) is 0 Å². The van der Waals surface area contributed by atoms with Crippen LogP contribution >= 0.6 is 0 Å². The van der Waals surface area contributed by atoms with Gasteiger partial charge in [-0.25, -0.2) is 0 Å². The molecule has 5 heteroatoms. The summed E-state index contributed by atoms with van der Waals surface area (Å²) >= 11 is 0. The van der Waals surface area contributed by atoms with Gasteiger partial charge in [0.25, 0.3) is 0 Å². The van der Waals surface area contributed by atoms with E-state index in [4.69, 9.17) is 9.16 Å². The molecule has 1 saturated carbocycles. The van der Waals surface area contributed by atoms with Crippen molar-refractivity contribution < 1.29 is 19.1 Å². The van der Waals surface area contributed by atoms with Crippen LogP contribution in [-0.2, 0) is 14.0 Å². The Balaban J connectivity index is 2.54. The van der Waals surface area contributed by atoms with Crippen LogP contribution in [0.3, 0.4) is 0 Å². The molecule has 0 amide bonds. The van der Waals surface area contributed by atoms with Crippen molar-refractivity contribution in [3.05, 3.63) is 0 Å². The van der Waals surface area contributed by atoms with Gasteiger partial charge in [0.15, 0.2) is 8.32 Å². The van der Waals surface area contributed by atoms with Gasteiger partial charge in [-0.2, -0.15) is 0 Å². The number of ether oxygens (including phenoxy) is 1. The smallest absolute Gasteiger partial charge is 0.302 e. The Labute approximate surface area is 124 Å². The minimum Gasteiger partial charge on any atom is -0.466 e. The second-order valence-electron chi connectivity index (χ2n) is 7.52. The first-order chi connectivity index (χ1) is 9.03. The number of carbonyl (C=O) groups excluding carboxylic acids is 1. The molecular formula is C15H30O4Si. The number of aliphatic hydroxyl groups is 1. The molecule has 0 aliphatic heterocycles. The third-order valence-electron chi connectivity index (χ3n) is 4.78. The van der Waals surface area contributed by atoms with Gasteiger partial charge in [-0.3, -0.25) is 4.79 Å². The first-order valence-electron chi connectivity index (χ1n) is 7.48. The summed E-state index contributed by atoms with van der Waals surface area (Å²) in [6.07, 6.45) is 1.17. The van der Waals surface area contributed by atoms with Gasteiger partial charge in [0.05, 0.1) is 12.7 Å². The standard InChI is InChI=1S/C15H30O4Si/c1-11(16)18-9-12-7-14(17)8-13(12)10-19-20(5,6)15(2,3)4/h12-14,17H,7-10H2,1-6H3/t12-,13-,14+/m0/s1. The van der Waals surface area contributed by atoms with Crippen LogP contribution in [-0.4, -0.2) is 38.7 Å². The average Bonchev–Trinajstić information content (AvgIpc) is 2.63. The monoisotopic (exact) mass is 302 g/mol. The molecule has 0 bridgehead atoms. The summed E-state index contributed by atoms with van der Waals surface area (Å²) in [7, 11) is -1.76. The zero-order valence-electron chi connectivity index (χ0n) is 13.7. The Morgan fingerprint density at radius 1 is 1.20 bits per heavy atom. The molecule has 4 nitrogen and oxygen atoms in total. The largest absolute Gasteiger partial charge is 0.466 e. The highest BCUT2D eigenvalue weighted by Crippen LogP contribution is 2.39. The summed E-state index contributed by atoms with van der Waals surface area (Å²) in [5.74, 6) is 0.257. The van der Waals surface area contributed by atoms with Gasteiger partial charge in [-0.05, 0) is 36.9 Å². The van der Waals surface area contributed by atoms with E-state index in [2.05, 4.69) is 33.9 Å². The summed E-state index contributed by atoms with van der Waals surface area (Å²) in [6.45, 7) is 13.6. The highest BCUT2D eigenvalue weighted by atomic mass is 28.4. The molecule has 1 aliphatic carbocycles. The third kappa shape index (κ3) is 4.86. The topological polar surface area (TPSA) is 55.8 Å². The van der Waals surface area contributed by atoms with E-state index in [1.54, 1.807) is 0 Å².